The molecule has 1 aliphatic rings. The van der Waals surface area contributed by atoms with Gasteiger partial charge in [0.25, 0.3) is 11.8 Å². The third kappa shape index (κ3) is 3.85. The van der Waals surface area contributed by atoms with E-state index < -0.39 is 17.8 Å². The van der Waals surface area contributed by atoms with Gasteiger partial charge in [-0.25, -0.2) is 9.78 Å². The highest BCUT2D eigenvalue weighted by Gasteiger charge is 2.38. The van der Waals surface area contributed by atoms with Crippen LogP contribution in [0.2, 0.25) is 0 Å². The quantitative estimate of drug-likeness (QED) is 0.627. The molecule has 0 bridgehead atoms. The first kappa shape index (κ1) is 18.8. The maximum absolute atomic E-state index is 12.2. The molecule has 0 atom stereocenters. The number of aromatic nitrogens is 1. The van der Waals surface area contributed by atoms with Crippen LogP contribution in [0, 0.1) is 0 Å². The lowest BCUT2D eigenvalue weighted by Gasteiger charge is -2.12. The molecule has 0 saturated heterocycles. The number of hydroxylamine groups is 2. The number of nitrogens with zero attached hydrogens (tertiary/aromatic N) is 2. The number of para-hydroxylation sites is 1. The van der Waals surface area contributed by atoms with Crippen LogP contribution >= 0.6 is 11.3 Å². The van der Waals surface area contributed by atoms with Crippen LogP contribution in [0.1, 0.15) is 38.6 Å². The number of benzene rings is 2. The zero-order valence-electron chi connectivity index (χ0n) is 15.1. The Bertz CT molecular complexity index is 1070. The Kier molecular flexibility index (Phi) is 5.05. The molecule has 3 aromatic rings. The summed E-state index contributed by atoms with van der Waals surface area (Å²) in [5.74, 6) is -2.59. The number of thiazole rings is 1. The highest BCUT2D eigenvalue weighted by molar-refractivity contribution is 7.18. The standard InChI is InChI=1S/C20H15N3O5S/c24-16(21-11-17-22-14-7-3-4-8-15(14)29-17)9-10-18(25)28-23-19(26)12-5-1-2-6-13(12)20(23)27/h1-8H,9-11H2,(H,21,24). The molecule has 1 aromatic heterocycles. The lowest BCUT2D eigenvalue weighted by atomic mass is 10.1. The minimum Gasteiger partial charge on any atom is -0.350 e. The van der Waals surface area contributed by atoms with Gasteiger partial charge >= 0.3 is 5.97 Å². The van der Waals surface area contributed by atoms with Crippen molar-refractivity contribution in [1.82, 2.24) is 15.4 Å². The molecular weight excluding hydrogens is 394 g/mol. The van der Waals surface area contributed by atoms with E-state index in [9.17, 15) is 19.2 Å². The average molecular weight is 409 g/mol. The van der Waals surface area contributed by atoms with Gasteiger partial charge in [-0.15, -0.1) is 11.3 Å². The second-order valence-electron chi connectivity index (χ2n) is 6.27. The van der Waals surface area contributed by atoms with Crippen molar-refractivity contribution < 1.29 is 24.0 Å². The predicted octanol–water partition coefficient (Wildman–Crippen LogP) is 2.45. The molecular formula is C20H15N3O5S. The van der Waals surface area contributed by atoms with Crippen LogP contribution in [0.3, 0.4) is 0 Å². The maximum atomic E-state index is 12.2. The summed E-state index contributed by atoms with van der Waals surface area (Å²) in [5.41, 5.74) is 1.23. The molecule has 2 heterocycles. The van der Waals surface area contributed by atoms with Gasteiger partial charge in [0.2, 0.25) is 5.91 Å². The number of hydrogen-bond acceptors (Lipinski definition) is 7. The van der Waals surface area contributed by atoms with Gasteiger partial charge in [-0.05, 0) is 24.3 Å². The third-order valence-electron chi connectivity index (χ3n) is 4.28. The molecule has 1 N–H and O–H groups in total. The second kappa shape index (κ2) is 7.80. The Balaban J connectivity index is 1.26. The number of carbonyl (C=O) groups excluding carboxylic acids is 4. The van der Waals surface area contributed by atoms with Crippen molar-refractivity contribution in [2.24, 2.45) is 0 Å². The van der Waals surface area contributed by atoms with E-state index in [1.54, 1.807) is 12.1 Å². The molecule has 8 nitrogen and oxygen atoms in total. The number of fused-ring (bicyclic) bond motifs is 2. The number of hydrogen-bond donors (Lipinski definition) is 1. The Morgan fingerprint density at radius 2 is 1.62 bits per heavy atom. The lowest BCUT2D eigenvalue weighted by molar-refractivity contribution is -0.169. The van der Waals surface area contributed by atoms with Gasteiger partial charge in [0.1, 0.15) is 5.01 Å². The van der Waals surface area contributed by atoms with Crippen molar-refractivity contribution in [3.05, 3.63) is 64.7 Å². The Morgan fingerprint density at radius 3 is 2.31 bits per heavy atom. The fourth-order valence-corrected chi connectivity index (χ4v) is 3.78. The molecule has 0 aliphatic carbocycles. The zero-order chi connectivity index (χ0) is 20.4. The molecule has 0 radical (unpaired) electrons. The molecule has 0 spiro atoms. The minimum atomic E-state index is -0.838. The summed E-state index contributed by atoms with van der Waals surface area (Å²) in [5, 5.41) is 3.89. The van der Waals surface area contributed by atoms with Crippen LogP contribution in [0.5, 0.6) is 0 Å². The Labute approximate surface area is 169 Å². The van der Waals surface area contributed by atoms with Gasteiger partial charge in [-0.1, -0.05) is 29.3 Å². The van der Waals surface area contributed by atoms with Crippen LogP contribution in [0.4, 0.5) is 0 Å². The Hall–Kier alpha value is -3.59. The summed E-state index contributed by atoms with van der Waals surface area (Å²) in [7, 11) is 0. The van der Waals surface area contributed by atoms with Crippen molar-refractivity contribution in [2.45, 2.75) is 19.4 Å². The second-order valence-corrected chi connectivity index (χ2v) is 7.38. The highest BCUT2D eigenvalue weighted by atomic mass is 32.1. The largest absolute Gasteiger partial charge is 0.350 e. The summed E-state index contributed by atoms with van der Waals surface area (Å²) in [6.45, 7) is 0.256. The molecule has 4 rings (SSSR count). The molecule has 0 unspecified atom stereocenters. The third-order valence-corrected chi connectivity index (χ3v) is 5.32. The van der Waals surface area contributed by atoms with Crippen LogP contribution in [-0.2, 0) is 21.0 Å². The number of amides is 3. The predicted molar refractivity (Wildman–Crippen MR) is 104 cm³/mol. The molecule has 2 aromatic carbocycles. The number of nitrogens with one attached hydrogen (secondary N) is 1. The van der Waals surface area contributed by atoms with E-state index in [0.717, 1.165) is 15.2 Å². The van der Waals surface area contributed by atoms with E-state index in [-0.39, 0.29) is 36.4 Å². The van der Waals surface area contributed by atoms with Gasteiger partial charge in [-0.2, -0.15) is 0 Å². The van der Waals surface area contributed by atoms with Gasteiger partial charge in [0, 0.05) is 6.42 Å². The molecule has 0 saturated carbocycles. The molecule has 3 amide bonds. The maximum Gasteiger partial charge on any atom is 0.333 e. The molecule has 29 heavy (non-hydrogen) atoms. The van der Waals surface area contributed by atoms with Crippen molar-refractivity contribution in [1.29, 1.82) is 0 Å². The number of rotatable bonds is 6. The first-order valence-corrected chi connectivity index (χ1v) is 9.64. The monoisotopic (exact) mass is 409 g/mol. The van der Waals surface area contributed by atoms with E-state index >= 15 is 0 Å². The van der Waals surface area contributed by atoms with Crippen molar-refractivity contribution in [3.8, 4) is 0 Å². The van der Waals surface area contributed by atoms with E-state index in [1.165, 1.54) is 23.5 Å². The van der Waals surface area contributed by atoms with Crippen molar-refractivity contribution >= 4 is 45.2 Å². The van der Waals surface area contributed by atoms with Crippen LogP contribution in [0.15, 0.2) is 48.5 Å². The minimum absolute atomic E-state index is 0.132. The average Bonchev–Trinajstić information content (AvgIpc) is 3.25. The summed E-state index contributed by atoms with van der Waals surface area (Å²) >= 11 is 1.48. The summed E-state index contributed by atoms with van der Waals surface area (Å²) in [6, 6.07) is 13.9. The topological polar surface area (TPSA) is 106 Å². The summed E-state index contributed by atoms with van der Waals surface area (Å²) < 4.78 is 1.03. The van der Waals surface area contributed by atoms with Gasteiger partial charge in [0.15, 0.2) is 0 Å². The number of carbonyl (C=O) groups is 4. The summed E-state index contributed by atoms with van der Waals surface area (Å²) in [6.07, 6.45) is -0.397. The fraction of sp³-hybridized carbons (Fsp3) is 0.150. The first-order chi connectivity index (χ1) is 14.0. The lowest BCUT2D eigenvalue weighted by Crippen LogP contribution is -2.33. The highest BCUT2D eigenvalue weighted by Crippen LogP contribution is 2.23. The normalized spacial score (nSPS) is 12.9. The Morgan fingerprint density at radius 1 is 0.966 bits per heavy atom. The van der Waals surface area contributed by atoms with Gasteiger partial charge in [-0.3, -0.25) is 14.4 Å². The van der Waals surface area contributed by atoms with E-state index in [0.29, 0.717) is 5.06 Å². The van der Waals surface area contributed by atoms with Crippen LogP contribution < -0.4 is 5.32 Å². The molecule has 146 valence electrons. The van der Waals surface area contributed by atoms with Crippen LogP contribution in [0.25, 0.3) is 10.2 Å². The molecule has 1 aliphatic heterocycles. The van der Waals surface area contributed by atoms with E-state index in [2.05, 4.69) is 10.3 Å². The summed E-state index contributed by atoms with van der Waals surface area (Å²) in [4.78, 5) is 57.6. The van der Waals surface area contributed by atoms with Crippen molar-refractivity contribution in [3.63, 3.8) is 0 Å². The van der Waals surface area contributed by atoms with E-state index in [1.807, 2.05) is 24.3 Å². The smallest absolute Gasteiger partial charge is 0.333 e. The van der Waals surface area contributed by atoms with Gasteiger partial charge in [0.05, 0.1) is 34.3 Å². The fourth-order valence-electron chi connectivity index (χ4n) is 2.87. The number of imide groups is 1. The molecule has 0 fully saturated rings. The zero-order valence-corrected chi connectivity index (χ0v) is 15.9. The van der Waals surface area contributed by atoms with E-state index in [4.69, 9.17) is 4.84 Å². The first-order valence-electron chi connectivity index (χ1n) is 8.82. The van der Waals surface area contributed by atoms with Crippen molar-refractivity contribution in [2.75, 3.05) is 0 Å². The van der Waals surface area contributed by atoms with Gasteiger partial charge < -0.3 is 10.2 Å². The van der Waals surface area contributed by atoms with Crippen LogP contribution in [-0.4, -0.2) is 33.7 Å². The SMILES string of the molecule is O=C(CCC(=O)ON1C(=O)c2ccccc2C1=O)NCc1nc2ccccc2s1. The molecule has 9 heteroatoms.